The van der Waals surface area contributed by atoms with Gasteiger partial charge in [-0.25, -0.2) is 4.98 Å². The van der Waals surface area contributed by atoms with Gasteiger partial charge in [0.05, 0.1) is 12.1 Å². The predicted molar refractivity (Wildman–Crippen MR) is 51.2 cm³/mol. The summed E-state index contributed by atoms with van der Waals surface area (Å²) >= 11 is 0. The third-order valence-corrected chi connectivity index (χ3v) is 1.63. The van der Waals surface area contributed by atoms with Crippen molar-refractivity contribution in [3.63, 3.8) is 0 Å². The molecule has 0 radical (unpaired) electrons. The van der Waals surface area contributed by atoms with Crippen molar-refractivity contribution in [2.75, 3.05) is 11.9 Å². The molecular formula is C10H9F3N2. The van der Waals surface area contributed by atoms with Gasteiger partial charge in [-0.05, 0) is 19.1 Å². The highest BCUT2D eigenvalue weighted by Crippen LogP contribution is 2.28. The van der Waals surface area contributed by atoms with E-state index in [0.717, 1.165) is 12.3 Å². The van der Waals surface area contributed by atoms with Crippen LogP contribution in [0.2, 0.25) is 0 Å². The minimum atomic E-state index is -4.34. The van der Waals surface area contributed by atoms with Crippen molar-refractivity contribution in [2.45, 2.75) is 13.1 Å². The zero-order chi connectivity index (χ0) is 11.3. The van der Waals surface area contributed by atoms with E-state index in [1.165, 1.54) is 6.07 Å². The van der Waals surface area contributed by atoms with E-state index in [2.05, 4.69) is 22.1 Å². The van der Waals surface area contributed by atoms with Crippen LogP contribution in [0.15, 0.2) is 18.3 Å². The van der Waals surface area contributed by atoms with Crippen LogP contribution in [0, 0.1) is 11.8 Å². The maximum Gasteiger partial charge on any atom is 0.417 e. The fourth-order valence-corrected chi connectivity index (χ4v) is 0.889. The standard InChI is InChI=1S/C10H9F3N2/c1-2-3-6-14-9-5-4-8(7-15-9)10(11,12)13/h4-5,7H,6H2,1H3,(H,14,15). The normalized spacial score (nSPS) is 10.4. The lowest BCUT2D eigenvalue weighted by Crippen LogP contribution is -2.07. The Bertz CT molecular complexity index is 370. The Hall–Kier alpha value is -1.70. The topological polar surface area (TPSA) is 24.9 Å². The monoisotopic (exact) mass is 214 g/mol. The van der Waals surface area contributed by atoms with Gasteiger partial charge >= 0.3 is 6.18 Å². The maximum absolute atomic E-state index is 12.1. The van der Waals surface area contributed by atoms with Crippen molar-refractivity contribution in [3.05, 3.63) is 23.9 Å². The molecule has 0 fully saturated rings. The molecule has 0 bridgehead atoms. The summed E-state index contributed by atoms with van der Waals surface area (Å²) < 4.78 is 36.4. The molecule has 1 aromatic rings. The van der Waals surface area contributed by atoms with E-state index < -0.39 is 11.7 Å². The number of hydrogen-bond acceptors (Lipinski definition) is 2. The van der Waals surface area contributed by atoms with Gasteiger partial charge in [0.15, 0.2) is 0 Å². The van der Waals surface area contributed by atoms with Crippen LogP contribution in [-0.4, -0.2) is 11.5 Å². The number of nitrogens with zero attached hydrogens (tertiary/aromatic N) is 1. The molecule has 15 heavy (non-hydrogen) atoms. The van der Waals surface area contributed by atoms with Crippen LogP contribution in [0.4, 0.5) is 19.0 Å². The molecule has 0 aromatic carbocycles. The fourth-order valence-electron chi connectivity index (χ4n) is 0.889. The third-order valence-electron chi connectivity index (χ3n) is 1.63. The SMILES string of the molecule is CC#CCNc1ccc(C(F)(F)F)cn1. The largest absolute Gasteiger partial charge is 0.417 e. The van der Waals surface area contributed by atoms with Gasteiger partial charge in [-0.1, -0.05) is 5.92 Å². The number of alkyl halides is 3. The van der Waals surface area contributed by atoms with Crippen molar-refractivity contribution in [3.8, 4) is 11.8 Å². The molecule has 0 aliphatic rings. The van der Waals surface area contributed by atoms with Crippen LogP contribution in [0.3, 0.4) is 0 Å². The number of pyridine rings is 1. The molecule has 1 aromatic heterocycles. The number of anilines is 1. The van der Waals surface area contributed by atoms with Crippen LogP contribution >= 0.6 is 0 Å². The van der Waals surface area contributed by atoms with Crippen LogP contribution in [0.1, 0.15) is 12.5 Å². The van der Waals surface area contributed by atoms with Crippen molar-refractivity contribution in [1.29, 1.82) is 0 Å². The van der Waals surface area contributed by atoms with E-state index in [4.69, 9.17) is 0 Å². The highest BCUT2D eigenvalue weighted by Gasteiger charge is 2.30. The predicted octanol–water partition coefficient (Wildman–Crippen LogP) is 2.54. The molecule has 0 unspecified atom stereocenters. The van der Waals surface area contributed by atoms with Gasteiger partial charge in [0.2, 0.25) is 0 Å². The second-order valence-electron chi connectivity index (χ2n) is 2.71. The maximum atomic E-state index is 12.1. The van der Waals surface area contributed by atoms with Gasteiger partial charge < -0.3 is 5.32 Å². The third kappa shape index (κ3) is 3.50. The summed E-state index contributed by atoms with van der Waals surface area (Å²) in [5.41, 5.74) is -0.755. The van der Waals surface area contributed by atoms with Gasteiger partial charge in [-0.2, -0.15) is 13.2 Å². The molecule has 1 rings (SSSR count). The van der Waals surface area contributed by atoms with Crippen LogP contribution in [0.5, 0.6) is 0 Å². The minimum Gasteiger partial charge on any atom is -0.359 e. The van der Waals surface area contributed by atoms with E-state index in [9.17, 15) is 13.2 Å². The number of hydrogen-bond donors (Lipinski definition) is 1. The van der Waals surface area contributed by atoms with Crippen molar-refractivity contribution >= 4 is 5.82 Å². The summed E-state index contributed by atoms with van der Waals surface area (Å²) in [6.07, 6.45) is -3.55. The molecular weight excluding hydrogens is 205 g/mol. The highest BCUT2D eigenvalue weighted by molar-refractivity contribution is 5.37. The van der Waals surface area contributed by atoms with Crippen LogP contribution in [-0.2, 0) is 6.18 Å². The number of rotatable bonds is 2. The summed E-state index contributed by atoms with van der Waals surface area (Å²) in [6.45, 7) is 2.05. The van der Waals surface area contributed by atoms with E-state index >= 15 is 0 Å². The molecule has 0 aliphatic carbocycles. The van der Waals surface area contributed by atoms with E-state index in [0.29, 0.717) is 12.4 Å². The number of aromatic nitrogens is 1. The molecule has 1 heterocycles. The Morgan fingerprint density at radius 2 is 2.13 bits per heavy atom. The van der Waals surface area contributed by atoms with Gasteiger partial charge in [0, 0.05) is 6.20 Å². The average Bonchev–Trinajstić information content (AvgIpc) is 2.18. The molecule has 0 amide bonds. The molecule has 1 N–H and O–H groups in total. The van der Waals surface area contributed by atoms with Gasteiger partial charge in [-0.15, -0.1) is 5.92 Å². The Balaban J connectivity index is 2.67. The molecule has 0 aliphatic heterocycles. The molecule has 2 nitrogen and oxygen atoms in total. The molecule has 0 saturated heterocycles. The lowest BCUT2D eigenvalue weighted by Gasteiger charge is -2.06. The quantitative estimate of drug-likeness (QED) is 0.765. The Morgan fingerprint density at radius 1 is 1.40 bits per heavy atom. The smallest absolute Gasteiger partial charge is 0.359 e. The second-order valence-corrected chi connectivity index (χ2v) is 2.71. The number of halogens is 3. The second kappa shape index (κ2) is 4.69. The Labute approximate surface area is 85.5 Å². The molecule has 0 spiro atoms. The molecule has 0 atom stereocenters. The summed E-state index contributed by atoms with van der Waals surface area (Å²) in [5.74, 6) is 5.75. The van der Waals surface area contributed by atoms with Crippen molar-refractivity contribution < 1.29 is 13.2 Å². The van der Waals surface area contributed by atoms with E-state index in [-0.39, 0.29) is 0 Å². The summed E-state index contributed by atoms with van der Waals surface area (Å²) in [5, 5.41) is 2.77. The summed E-state index contributed by atoms with van der Waals surface area (Å²) in [6, 6.07) is 2.26. The van der Waals surface area contributed by atoms with Gasteiger partial charge in [-0.3, -0.25) is 0 Å². The van der Waals surface area contributed by atoms with Crippen LogP contribution < -0.4 is 5.32 Å². The summed E-state index contributed by atoms with van der Waals surface area (Å²) in [4.78, 5) is 3.62. The molecule has 80 valence electrons. The van der Waals surface area contributed by atoms with E-state index in [1.54, 1.807) is 6.92 Å². The Kier molecular flexibility index (Phi) is 3.56. The molecule has 0 saturated carbocycles. The number of nitrogens with one attached hydrogen (secondary N) is 1. The average molecular weight is 214 g/mol. The van der Waals surface area contributed by atoms with E-state index in [1.807, 2.05) is 0 Å². The van der Waals surface area contributed by atoms with Crippen molar-refractivity contribution in [2.24, 2.45) is 0 Å². The highest BCUT2D eigenvalue weighted by atomic mass is 19.4. The lowest BCUT2D eigenvalue weighted by molar-refractivity contribution is -0.137. The van der Waals surface area contributed by atoms with Gasteiger partial charge in [0.25, 0.3) is 0 Å². The summed E-state index contributed by atoms with van der Waals surface area (Å²) in [7, 11) is 0. The van der Waals surface area contributed by atoms with Crippen LogP contribution in [0.25, 0.3) is 0 Å². The fraction of sp³-hybridized carbons (Fsp3) is 0.300. The first kappa shape index (κ1) is 11.4. The van der Waals surface area contributed by atoms with Gasteiger partial charge in [0.1, 0.15) is 5.82 Å². The lowest BCUT2D eigenvalue weighted by atomic mass is 10.3. The minimum absolute atomic E-state index is 0.370. The zero-order valence-corrected chi connectivity index (χ0v) is 8.02. The zero-order valence-electron chi connectivity index (χ0n) is 8.02. The molecule has 5 heteroatoms. The first-order chi connectivity index (χ1) is 7.04. The Morgan fingerprint density at radius 3 is 2.60 bits per heavy atom. The van der Waals surface area contributed by atoms with Crippen molar-refractivity contribution in [1.82, 2.24) is 4.98 Å². The first-order valence-electron chi connectivity index (χ1n) is 4.21. The first-order valence-corrected chi connectivity index (χ1v) is 4.21.